The number of fused-ring (bicyclic) bond motifs is 1. The molecule has 0 atom stereocenters. The molecule has 6 heteroatoms. The molecule has 35 heavy (non-hydrogen) atoms. The molecule has 5 rings (SSSR count). The van der Waals surface area contributed by atoms with Gasteiger partial charge in [0.1, 0.15) is 17.2 Å². The van der Waals surface area contributed by atoms with E-state index >= 15 is 0 Å². The Morgan fingerprint density at radius 1 is 0.943 bits per heavy atom. The van der Waals surface area contributed by atoms with Gasteiger partial charge in [0.05, 0.1) is 6.54 Å². The third kappa shape index (κ3) is 5.76. The zero-order chi connectivity index (χ0) is 24.0. The highest BCUT2D eigenvalue weighted by atomic mass is 19.1. The first-order chi connectivity index (χ1) is 17.2. The molecule has 2 aromatic carbocycles. The molecule has 2 aromatic heterocycles. The van der Waals surface area contributed by atoms with E-state index < -0.39 is 0 Å². The number of piperidine rings is 1. The second-order valence-corrected chi connectivity index (χ2v) is 9.45. The molecular weight excluding hydrogens is 439 g/mol. The van der Waals surface area contributed by atoms with Gasteiger partial charge in [-0.3, -0.25) is 4.79 Å². The van der Waals surface area contributed by atoms with Gasteiger partial charge in [-0.25, -0.2) is 14.4 Å². The highest BCUT2D eigenvalue weighted by Gasteiger charge is 2.23. The van der Waals surface area contributed by atoms with Gasteiger partial charge in [-0.15, -0.1) is 0 Å². The second-order valence-electron chi connectivity index (χ2n) is 9.45. The molecule has 0 spiro atoms. The van der Waals surface area contributed by atoms with E-state index in [1.165, 1.54) is 17.7 Å². The molecule has 1 aliphatic rings. The van der Waals surface area contributed by atoms with E-state index in [2.05, 4.69) is 39.9 Å². The molecule has 0 radical (unpaired) electrons. The summed E-state index contributed by atoms with van der Waals surface area (Å²) < 4.78 is 15.4. The smallest absolute Gasteiger partial charge is 0.222 e. The Kier molecular flexibility index (Phi) is 7.17. The minimum atomic E-state index is -0.245. The van der Waals surface area contributed by atoms with Crippen molar-refractivity contribution in [2.45, 2.75) is 45.1 Å². The van der Waals surface area contributed by atoms with Crippen LogP contribution in [0.2, 0.25) is 0 Å². The Hall–Kier alpha value is -3.54. The lowest BCUT2D eigenvalue weighted by Crippen LogP contribution is -2.38. The first-order valence-corrected chi connectivity index (χ1v) is 12.5. The molecule has 3 heterocycles. The van der Waals surface area contributed by atoms with E-state index in [4.69, 9.17) is 4.98 Å². The summed E-state index contributed by atoms with van der Waals surface area (Å²) in [5, 5.41) is 0. The summed E-state index contributed by atoms with van der Waals surface area (Å²) in [6, 6.07) is 21.0. The minimum absolute atomic E-state index is 0.238. The predicted octanol–water partition coefficient (Wildman–Crippen LogP) is 5.42. The lowest BCUT2D eigenvalue weighted by atomic mass is 9.90. The molecule has 0 unspecified atom stereocenters. The SMILES string of the molecule is O=C(CCCc1nc2cccnc2n1Cc1ccc(F)cc1)N1CCC(Cc2ccccc2)CC1. The molecule has 180 valence electrons. The zero-order valence-electron chi connectivity index (χ0n) is 19.9. The molecule has 0 aliphatic carbocycles. The molecular formula is C29H31FN4O. The number of carbonyl (C=O) groups excluding carboxylic acids is 1. The van der Waals surface area contributed by atoms with Gasteiger partial charge in [0.15, 0.2) is 5.65 Å². The number of carbonyl (C=O) groups is 1. The molecule has 5 nitrogen and oxygen atoms in total. The molecule has 4 aromatic rings. The van der Waals surface area contributed by atoms with Gasteiger partial charge in [-0.2, -0.15) is 0 Å². The Morgan fingerprint density at radius 2 is 1.71 bits per heavy atom. The fourth-order valence-corrected chi connectivity index (χ4v) is 5.02. The summed E-state index contributed by atoms with van der Waals surface area (Å²) in [6.45, 7) is 2.28. The van der Waals surface area contributed by atoms with Gasteiger partial charge in [0, 0.05) is 32.1 Å². The third-order valence-electron chi connectivity index (χ3n) is 6.96. The molecule has 1 fully saturated rings. The van der Waals surface area contributed by atoms with Crippen LogP contribution >= 0.6 is 0 Å². The van der Waals surface area contributed by atoms with Crippen LogP contribution in [0.25, 0.3) is 11.2 Å². The lowest BCUT2D eigenvalue weighted by Gasteiger charge is -2.32. The second kappa shape index (κ2) is 10.8. The highest BCUT2D eigenvalue weighted by molar-refractivity contribution is 5.76. The summed E-state index contributed by atoms with van der Waals surface area (Å²) in [5.74, 6) is 1.56. The zero-order valence-corrected chi connectivity index (χ0v) is 19.9. The third-order valence-corrected chi connectivity index (χ3v) is 6.96. The van der Waals surface area contributed by atoms with E-state index in [-0.39, 0.29) is 11.7 Å². The average Bonchev–Trinajstić information content (AvgIpc) is 3.23. The number of aromatic nitrogens is 3. The summed E-state index contributed by atoms with van der Waals surface area (Å²) >= 11 is 0. The number of pyridine rings is 1. The van der Waals surface area contributed by atoms with Crippen LogP contribution in [-0.2, 0) is 24.2 Å². The number of benzene rings is 2. The number of likely N-dealkylation sites (tertiary alicyclic amines) is 1. The molecule has 1 amide bonds. The van der Waals surface area contributed by atoms with Crippen LogP contribution in [0.5, 0.6) is 0 Å². The van der Waals surface area contributed by atoms with E-state index in [0.29, 0.717) is 25.3 Å². The van der Waals surface area contributed by atoms with E-state index in [9.17, 15) is 9.18 Å². The highest BCUT2D eigenvalue weighted by Crippen LogP contribution is 2.23. The maximum atomic E-state index is 13.3. The summed E-state index contributed by atoms with van der Waals surface area (Å²) in [5.41, 5.74) is 4.04. The summed E-state index contributed by atoms with van der Waals surface area (Å²) in [7, 11) is 0. The van der Waals surface area contributed by atoms with Crippen molar-refractivity contribution in [1.82, 2.24) is 19.4 Å². The number of nitrogens with zero attached hydrogens (tertiary/aromatic N) is 4. The lowest BCUT2D eigenvalue weighted by molar-refractivity contribution is -0.132. The van der Waals surface area contributed by atoms with Crippen LogP contribution in [0, 0.1) is 11.7 Å². The molecule has 0 bridgehead atoms. The number of amides is 1. The van der Waals surface area contributed by atoms with Gasteiger partial charge in [-0.05, 0) is 67.0 Å². The van der Waals surface area contributed by atoms with Crippen molar-refractivity contribution in [3.8, 4) is 0 Å². The van der Waals surface area contributed by atoms with Crippen LogP contribution in [0.4, 0.5) is 4.39 Å². The fraction of sp³-hybridized carbons (Fsp3) is 0.345. The topological polar surface area (TPSA) is 51.0 Å². The normalized spacial score (nSPS) is 14.5. The van der Waals surface area contributed by atoms with Crippen LogP contribution in [0.3, 0.4) is 0 Å². The van der Waals surface area contributed by atoms with Gasteiger partial charge < -0.3 is 9.47 Å². The number of aryl methyl sites for hydroxylation is 1. The molecule has 0 saturated carbocycles. The number of hydrogen-bond acceptors (Lipinski definition) is 3. The van der Waals surface area contributed by atoms with E-state index in [0.717, 1.165) is 61.3 Å². The van der Waals surface area contributed by atoms with Crippen LogP contribution in [0.15, 0.2) is 72.9 Å². The monoisotopic (exact) mass is 470 g/mol. The Morgan fingerprint density at radius 3 is 2.49 bits per heavy atom. The first kappa shape index (κ1) is 23.2. The number of rotatable bonds is 8. The van der Waals surface area contributed by atoms with Gasteiger partial charge in [-0.1, -0.05) is 42.5 Å². The van der Waals surface area contributed by atoms with Crippen molar-refractivity contribution < 1.29 is 9.18 Å². The Bertz CT molecular complexity index is 1260. The Balaban J connectivity index is 1.16. The van der Waals surface area contributed by atoms with Crippen molar-refractivity contribution in [2.75, 3.05) is 13.1 Å². The maximum Gasteiger partial charge on any atom is 0.222 e. The number of halogens is 1. The quantitative estimate of drug-likeness (QED) is 0.345. The van der Waals surface area contributed by atoms with E-state index in [1.807, 2.05) is 17.0 Å². The van der Waals surface area contributed by atoms with Crippen molar-refractivity contribution in [3.63, 3.8) is 0 Å². The standard InChI is InChI=1S/C29H31FN4O/c30-25-13-11-24(12-14-25)21-34-27(32-26-8-5-17-31-29(26)34)9-4-10-28(35)33-18-15-23(16-19-33)20-22-6-2-1-3-7-22/h1-3,5-8,11-14,17,23H,4,9-10,15-16,18-21H2. The molecule has 0 N–H and O–H groups in total. The van der Waals surface area contributed by atoms with Gasteiger partial charge >= 0.3 is 0 Å². The van der Waals surface area contributed by atoms with Gasteiger partial charge in [0.25, 0.3) is 0 Å². The van der Waals surface area contributed by atoms with Crippen molar-refractivity contribution in [3.05, 3.63) is 95.7 Å². The van der Waals surface area contributed by atoms with Crippen LogP contribution in [-0.4, -0.2) is 38.4 Å². The fourth-order valence-electron chi connectivity index (χ4n) is 5.02. The number of imidazole rings is 1. The maximum absolute atomic E-state index is 13.3. The number of hydrogen-bond donors (Lipinski definition) is 0. The summed E-state index contributed by atoms with van der Waals surface area (Å²) in [4.78, 5) is 24.2. The van der Waals surface area contributed by atoms with Crippen molar-refractivity contribution in [2.24, 2.45) is 5.92 Å². The predicted molar refractivity (Wildman–Crippen MR) is 135 cm³/mol. The average molecular weight is 471 g/mol. The first-order valence-electron chi connectivity index (χ1n) is 12.5. The molecule has 1 saturated heterocycles. The summed E-state index contributed by atoms with van der Waals surface area (Å²) in [6.07, 6.45) is 6.97. The van der Waals surface area contributed by atoms with Gasteiger partial charge in [0.2, 0.25) is 5.91 Å². The van der Waals surface area contributed by atoms with Crippen molar-refractivity contribution in [1.29, 1.82) is 0 Å². The van der Waals surface area contributed by atoms with Crippen LogP contribution < -0.4 is 0 Å². The van der Waals surface area contributed by atoms with Crippen LogP contribution in [0.1, 0.15) is 42.6 Å². The Labute approximate surface area is 205 Å². The molecule has 1 aliphatic heterocycles. The minimum Gasteiger partial charge on any atom is -0.343 e. The van der Waals surface area contributed by atoms with Crippen molar-refractivity contribution >= 4 is 17.1 Å². The largest absolute Gasteiger partial charge is 0.343 e. The van der Waals surface area contributed by atoms with E-state index in [1.54, 1.807) is 18.3 Å².